The van der Waals surface area contributed by atoms with Crippen molar-refractivity contribution in [2.24, 2.45) is 11.8 Å². The molecule has 4 atom stereocenters. The normalized spacial score (nSPS) is 26.5. The number of nitrogens with zero attached hydrogens (tertiary/aromatic N) is 4. The lowest BCUT2D eigenvalue weighted by molar-refractivity contribution is 0.0305. The van der Waals surface area contributed by atoms with Crippen LogP contribution in [0.2, 0.25) is 0 Å². The summed E-state index contributed by atoms with van der Waals surface area (Å²) in [5, 5.41) is 15.0. The lowest BCUT2D eigenvalue weighted by Gasteiger charge is -2.37. The molecule has 1 aromatic carbocycles. The molecular formula is C23H27N5O. The number of hydrogen-bond donors (Lipinski definition) is 1. The highest BCUT2D eigenvalue weighted by Crippen LogP contribution is 2.40. The molecule has 1 aliphatic heterocycles. The van der Waals surface area contributed by atoms with Gasteiger partial charge in [0.15, 0.2) is 5.82 Å². The molecule has 6 nitrogen and oxygen atoms in total. The van der Waals surface area contributed by atoms with E-state index in [1.807, 2.05) is 38.4 Å². The molecule has 1 saturated carbocycles. The van der Waals surface area contributed by atoms with E-state index >= 15 is 0 Å². The second-order valence-electron chi connectivity index (χ2n) is 8.29. The van der Waals surface area contributed by atoms with Crippen molar-refractivity contribution in [3.05, 3.63) is 54.4 Å². The lowest BCUT2D eigenvalue weighted by atomic mass is 9.77. The first-order valence-corrected chi connectivity index (χ1v) is 10.4. The molecule has 2 aliphatic rings. The number of fused-ring (bicyclic) bond motifs is 2. The Morgan fingerprint density at radius 1 is 0.966 bits per heavy atom. The number of hydrogen-bond acceptors (Lipinski definition) is 6. The minimum atomic E-state index is 0.194. The van der Waals surface area contributed by atoms with Crippen LogP contribution in [0, 0.1) is 18.8 Å². The van der Waals surface area contributed by atoms with Crippen molar-refractivity contribution in [3.63, 3.8) is 0 Å². The average Bonchev–Trinajstić information content (AvgIpc) is 3.17. The number of aromatic nitrogens is 3. The fourth-order valence-electron chi connectivity index (χ4n) is 5.09. The van der Waals surface area contributed by atoms with E-state index in [0.717, 1.165) is 43.3 Å². The van der Waals surface area contributed by atoms with Gasteiger partial charge in [0.05, 0.1) is 17.8 Å². The van der Waals surface area contributed by atoms with E-state index in [4.69, 9.17) is 4.74 Å². The van der Waals surface area contributed by atoms with E-state index in [9.17, 15) is 0 Å². The molecule has 150 valence electrons. The molecule has 1 aliphatic carbocycles. The number of aryl methyl sites for hydroxylation is 1. The number of pyridine rings is 1. The van der Waals surface area contributed by atoms with Crippen LogP contribution >= 0.6 is 0 Å². The molecule has 5 rings (SSSR count). The number of rotatable bonds is 4. The Hall–Kier alpha value is -2.73. The summed E-state index contributed by atoms with van der Waals surface area (Å²) in [6.45, 7) is 4.06. The van der Waals surface area contributed by atoms with Crippen LogP contribution in [-0.4, -0.2) is 47.5 Å². The van der Waals surface area contributed by atoms with Gasteiger partial charge in [-0.25, -0.2) is 4.98 Å². The molecule has 2 aromatic heterocycles. The van der Waals surface area contributed by atoms with Crippen LogP contribution in [0.4, 0.5) is 11.6 Å². The van der Waals surface area contributed by atoms with Gasteiger partial charge in [-0.3, -0.25) is 0 Å². The third-order valence-corrected chi connectivity index (χ3v) is 6.57. The van der Waals surface area contributed by atoms with Crippen LogP contribution in [0.25, 0.3) is 10.8 Å². The van der Waals surface area contributed by atoms with Gasteiger partial charge in [-0.05, 0) is 43.7 Å². The number of methoxy groups -OCH3 is 1. The van der Waals surface area contributed by atoms with Crippen molar-refractivity contribution >= 4 is 22.4 Å². The Morgan fingerprint density at radius 3 is 2.48 bits per heavy atom. The fraction of sp³-hybridized carbons (Fsp3) is 0.435. The number of nitrogens with one attached hydrogen (secondary N) is 1. The zero-order chi connectivity index (χ0) is 19.8. The predicted molar refractivity (Wildman–Crippen MR) is 115 cm³/mol. The highest BCUT2D eigenvalue weighted by Gasteiger charge is 2.43. The molecule has 0 spiro atoms. The van der Waals surface area contributed by atoms with Crippen molar-refractivity contribution in [1.29, 1.82) is 0 Å². The van der Waals surface area contributed by atoms with E-state index in [0.29, 0.717) is 11.8 Å². The summed E-state index contributed by atoms with van der Waals surface area (Å²) in [7, 11) is 1.82. The second-order valence-corrected chi connectivity index (χ2v) is 8.29. The fourth-order valence-corrected chi connectivity index (χ4v) is 5.09. The molecule has 0 bridgehead atoms. The minimum Gasteiger partial charge on any atom is -0.379 e. The van der Waals surface area contributed by atoms with E-state index in [-0.39, 0.29) is 12.1 Å². The van der Waals surface area contributed by atoms with Gasteiger partial charge in [-0.15, -0.1) is 5.10 Å². The molecule has 0 unspecified atom stereocenters. The van der Waals surface area contributed by atoms with Gasteiger partial charge in [-0.1, -0.05) is 30.3 Å². The second kappa shape index (κ2) is 7.59. The first-order chi connectivity index (χ1) is 14.2. The standard InChI is InChI=1S/C23H27N5O/c1-15-18-7-3-4-8-19(18)23(27-26-15)28-13-16-11-20(21(29-2)12-17(16)14-28)25-22-9-5-6-10-24-22/h3-10,16-17,20-21H,11-14H2,1-2H3,(H,24,25)/t16-,17+,20-,21-/m1/s1. The number of anilines is 2. The maximum Gasteiger partial charge on any atom is 0.159 e. The Labute approximate surface area is 171 Å². The van der Waals surface area contributed by atoms with Crippen molar-refractivity contribution in [2.45, 2.75) is 31.9 Å². The number of benzene rings is 1. The maximum absolute atomic E-state index is 5.87. The molecule has 2 fully saturated rings. The summed E-state index contributed by atoms with van der Waals surface area (Å²) >= 11 is 0. The lowest BCUT2D eigenvalue weighted by Crippen LogP contribution is -2.44. The quantitative estimate of drug-likeness (QED) is 0.734. The third-order valence-electron chi connectivity index (χ3n) is 6.57. The molecule has 29 heavy (non-hydrogen) atoms. The molecule has 3 aromatic rings. The minimum absolute atomic E-state index is 0.194. The molecular weight excluding hydrogens is 362 g/mol. The topological polar surface area (TPSA) is 63.2 Å². The van der Waals surface area contributed by atoms with Gasteiger partial charge in [-0.2, -0.15) is 5.10 Å². The summed E-state index contributed by atoms with van der Waals surface area (Å²) < 4.78 is 5.87. The molecule has 3 heterocycles. The predicted octanol–water partition coefficient (Wildman–Crippen LogP) is 3.68. The SMILES string of the molecule is CO[C@@H]1C[C@H]2CN(c3nnc(C)c4ccccc34)C[C@H]2C[C@H]1Nc1ccccn1. The Kier molecular flexibility index (Phi) is 4.79. The Balaban J connectivity index is 1.38. The molecule has 0 radical (unpaired) electrons. The van der Waals surface area contributed by atoms with E-state index in [2.05, 4.69) is 49.7 Å². The van der Waals surface area contributed by atoms with Crippen LogP contribution in [0.3, 0.4) is 0 Å². The molecule has 1 saturated heterocycles. The van der Waals surface area contributed by atoms with Crippen LogP contribution in [0.15, 0.2) is 48.7 Å². The number of ether oxygens (including phenoxy) is 1. The Morgan fingerprint density at radius 2 is 1.72 bits per heavy atom. The first kappa shape index (κ1) is 18.3. The van der Waals surface area contributed by atoms with Crippen LogP contribution in [-0.2, 0) is 4.74 Å². The van der Waals surface area contributed by atoms with Gasteiger partial charge >= 0.3 is 0 Å². The smallest absolute Gasteiger partial charge is 0.159 e. The highest BCUT2D eigenvalue weighted by atomic mass is 16.5. The van der Waals surface area contributed by atoms with Gasteiger partial charge < -0.3 is 15.0 Å². The molecule has 6 heteroatoms. The third kappa shape index (κ3) is 3.42. The van der Waals surface area contributed by atoms with E-state index in [1.165, 1.54) is 10.8 Å². The van der Waals surface area contributed by atoms with E-state index in [1.54, 1.807) is 0 Å². The average molecular weight is 390 g/mol. The van der Waals surface area contributed by atoms with Gasteiger partial charge in [0.1, 0.15) is 5.82 Å². The molecule has 0 amide bonds. The monoisotopic (exact) mass is 389 g/mol. The summed E-state index contributed by atoms with van der Waals surface area (Å²) in [5.74, 6) is 3.17. The van der Waals surface area contributed by atoms with Crippen molar-refractivity contribution in [2.75, 3.05) is 30.4 Å². The van der Waals surface area contributed by atoms with Crippen LogP contribution in [0.5, 0.6) is 0 Å². The van der Waals surface area contributed by atoms with E-state index < -0.39 is 0 Å². The molecule has 1 N–H and O–H groups in total. The summed E-state index contributed by atoms with van der Waals surface area (Å²) in [4.78, 5) is 6.87. The van der Waals surface area contributed by atoms with Crippen molar-refractivity contribution < 1.29 is 4.74 Å². The first-order valence-electron chi connectivity index (χ1n) is 10.4. The summed E-state index contributed by atoms with van der Waals surface area (Å²) in [5.41, 5.74) is 0.986. The zero-order valence-corrected chi connectivity index (χ0v) is 17.0. The van der Waals surface area contributed by atoms with Crippen LogP contribution in [0.1, 0.15) is 18.5 Å². The zero-order valence-electron chi connectivity index (χ0n) is 17.0. The largest absolute Gasteiger partial charge is 0.379 e. The summed E-state index contributed by atoms with van der Waals surface area (Å²) in [6.07, 6.45) is 4.15. The van der Waals surface area contributed by atoms with Crippen LogP contribution < -0.4 is 10.2 Å². The van der Waals surface area contributed by atoms with Gasteiger partial charge in [0, 0.05) is 37.2 Å². The highest BCUT2D eigenvalue weighted by molar-refractivity contribution is 5.93. The maximum atomic E-state index is 5.87. The Bertz CT molecular complexity index is 995. The van der Waals surface area contributed by atoms with Crippen molar-refractivity contribution in [3.8, 4) is 0 Å². The van der Waals surface area contributed by atoms with Gasteiger partial charge in [0.2, 0.25) is 0 Å². The van der Waals surface area contributed by atoms with Gasteiger partial charge in [0.25, 0.3) is 0 Å². The van der Waals surface area contributed by atoms with Crippen molar-refractivity contribution in [1.82, 2.24) is 15.2 Å². The summed E-state index contributed by atoms with van der Waals surface area (Å²) in [6, 6.07) is 14.7.